The van der Waals surface area contributed by atoms with Crippen molar-refractivity contribution in [3.63, 3.8) is 0 Å². The van der Waals surface area contributed by atoms with E-state index < -0.39 is 17.4 Å². The minimum absolute atomic E-state index is 0.00106. The van der Waals surface area contributed by atoms with E-state index in [1.54, 1.807) is 24.1 Å². The number of fused-ring (bicyclic) bond motifs is 1. The third-order valence-electron chi connectivity index (χ3n) is 6.55. The van der Waals surface area contributed by atoms with E-state index in [2.05, 4.69) is 29.1 Å². The molecule has 1 N–H and O–H groups in total. The topological polar surface area (TPSA) is 76.6 Å². The fraction of sp³-hybridized carbons (Fsp3) is 0.375. The first-order valence-electron chi connectivity index (χ1n) is 10.8. The van der Waals surface area contributed by atoms with E-state index in [-0.39, 0.29) is 17.0 Å². The summed E-state index contributed by atoms with van der Waals surface area (Å²) in [7, 11) is 2.74. The van der Waals surface area contributed by atoms with Crippen LogP contribution in [0.4, 0.5) is 26.0 Å². The molecule has 0 atom stereocenters. The van der Waals surface area contributed by atoms with Crippen molar-refractivity contribution in [1.29, 1.82) is 0 Å². The number of halogens is 2. The molecule has 4 rings (SSSR count). The van der Waals surface area contributed by atoms with Crippen LogP contribution >= 0.6 is 0 Å². The monoisotopic (exact) mass is 456 g/mol. The van der Waals surface area contributed by atoms with Gasteiger partial charge in [0.25, 0.3) is 0 Å². The van der Waals surface area contributed by atoms with Crippen LogP contribution in [-0.4, -0.2) is 36.6 Å². The summed E-state index contributed by atoms with van der Waals surface area (Å²) < 4.78 is 39.0. The van der Waals surface area contributed by atoms with Crippen molar-refractivity contribution < 1.29 is 23.0 Å². The maximum Gasteiger partial charge on any atom is 0.227 e. The molecule has 2 aromatic carbocycles. The number of rotatable bonds is 7. The summed E-state index contributed by atoms with van der Waals surface area (Å²) in [6.45, 7) is 4.78. The Morgan fingerprint density at radius 1 is 1.12 bits per heavy atom. The second kappa shape index (κ2) is 8.80. The molecular weight excluding hydrogens is 430 g/mol. The molecule has 1 aliphatic heterocycles. The highest BCUT2D eigenvalue weighted by Gasteiger charge is 2.42. The average Bonchev–Trinajstić information content (AvgIpc) is 3.17. The van der Waals surface area contributed by atoms with Gasteiger partial charge in [-0.2, -0.15) is 0 Å². The van der Waals surface area contributed by atoms with Crippen molar-refractivity contribution >= 4 is 34.0 Å². The number of amides is 1. The molecule has 33 heavy (non-hydrogen) atoms. The van der Waals surface area contributed by atoms with Crippen molar-refractivity contribution in [2.75, 3.05) is 31.0 Å². The third kappa shape index (κ3) is 3.92. The molecule has 9 heteroatoms. The van der Waals surface area contributed by atoms with Gasteiger partial charge in [0.1, 0.15) is 17.9 Å². The molecule has 0 bridgehead atoms. The van der Waals surface area contributed by atoms with Gasteiger partial charge in [0.05, 0.1) is 31.1 Å². The minimum atomic E-state index is -0.872. The zero-order valence-corrected chi connectivity index (χ0v) is 19.0. The van der Waals surface area contributed by atoms with E-state index in [4.69, 9.17) is 9.47 Å². The van der Waals surface area contributed by atoms with E-state index in [1.807, 2.05) is 0 Å². The summed E-state index contributed by atoms with van der Waals surface area (Å²) in [5.74, 6) is -1.32. The smallest absolute Gasteiger partial charge is 0.227 e. The Bertz CT molecular complexity index is 1210. The maximum atomic E-state index is 14.7. The van der Waals surface area contributed by atoms with Crippen LogP contribution in [0.3, 0.4) is 0 Å². The lowest BCUT2D eigenvalue weighted by molar-refractivity contribution is -0.117. The van der Waals surface area contributed by atoms with Crippen LogP contribution in [0.1, 0.15) is 33.1 Å². The number of methoxy groups -OCH3 is 2. The molecule has 0 saturated carbocycles. The summed E-state index contributed by atoms with van der Waals surface area (Å²) in [6.07, 6.45) is 3.59. The second-order valence-corrected chi connectivity index (χ2v) is 8.19. The molecule has 7 nitrogen and oxygen atoms in total. The number of carbonyl (C=O) groups excluding carboxylic acids is 1. The minimum Gasteiger partial charge on any atom is -0.494 e. The molecule has 174 valence electrons. The van der Waals surface area contributed by atoms with E-state index in [0.717, 1.165) is 18.9 Å². The molecule has 1 aliphatic rings. The summed E-state index contributed by atoms with van der Waals surface area (Å²) >= 11 is 0. The number of hydrogen-bond donors (Lipinski definition) is 1. The van der Waals surface area contributed by atoms with Crippen molar-refractivity contribution in [1.82, 2.24) is 9.97 Å². The van der Waals surface area contributed by atoms with E-state index in [1.165, 1.54) is 19.5 Å². The Labute approximate surface area is 190 Å². The summed E-state index contributed by atoms with van der Waals surface area (Å²) in [4.78, 5) is 23.3. The van der Waals surface area contributed by atoms with E-state index in [9.17, 15) is 13.6 Å². The summed E-state index contributed by atoms with van der Waals surface area (Å²) in [5.41, 5.74) is 1.07. The fourth-order valence-corrected chi connectivity index (χ4v) is 4.33. The quantitative estimate of drug-likeness (QED) is 0.526. The van der Waals surface area contributed by atoms with Crippen LogP contribution in [0.5, 0.6) is 11.5 Å². The molecule has 0 aliphatic carbocycles. The van der Waals surface area contributed by atoms with E-state index >= 15 is 0 Å². The number of carbonyl (C=O) groups is 1. The van der Waals surface area contributed by atoms with Crippen molar-refractivity contribution in [2.45, 2.75) is 33.1 Å². The normalized spacial score (nSPS) is 15.2. The van der Waals surface area contributed by atoms with Gasteiger partial charge >= 0.3 is 0 Å². The number of nitrogens with one attached hydrogen (secondary N) is 1. The fourth-order valence-electron chi connectivity index (χ4n) is 4.33. The van der Waals surface area contributed by atoms with Crippen LogP contribution < -0.4 is 19.7 Å². The molecule has 1 amide bonds. The molecular formula is C24H26F2N4O3. The molecule has 0 spiro atoms. The zero-order valence-electron chi connectivity index (χ0n) is 19.0. The van der Waals surface area contributed by atoms with Gasteiger partial charge in [0.15, 0.2) is 17.4 Å². The first-order chi connectivity index (χ1) is 15.9. The van der Waals surface area contributed by atoms with Crippen LogP contribution in [0, 0.1) is 17.0 Å². The lowest BCUT2D eigenvalue weighted by Crippen LogP contribution is -2.28. The van der Waals surface area contributed by atoms with Crippen molar-refractivity contribution in [3.05, 3.63) is 42.2 Å². The van der Waals surface area contributed by atoms with Gasteiger partial charge in [0.2, 0.25) is 5.91 Å². The predicted molar refractivity (Wildman–Crippen MR) is 122 cm³/mol. The Hall–Kier alpha value is -3.49. The molecule has 0 unspecified atom stereocenters. The van der Waals surface area contributed by atoms with E-state index in [0.29, 0.717) is 41.1 Å². The van der Waals surface area contributed by atoms with Crippen LogP contribution in [0.15, 0.2) is 30.6 Å². The van der Waals surface area contributed by atoms with Crippen LogP contribution in [0.25, 0.3) is 10.9 Å². The van der Waals surface area contributed by atoms with Gasteiger partial charge in [-0.1, -0.05) is 13.8 Å². The van der Waals surface area contributed by atoms with Gasteiger partial charge in [-0.25, -0.2) is 18.7 Å². The highest BCUT2D eigenvalue weighted by atomic mass is 19.1. The lowest BCUT2D eigenvalue weighted by Gasteiger charge is -2.26. The third-order valence-corrected chi connectivity index (χ3v) is 6.55. The van der Waals surface area contributed by atoms with Crippen LogP contribution in [-0.2, 0) is 4.79 Å². The first-order valence-corrected chi connectivity index (χ1v) is 10.8. The van der Waals surface area contributed by atoms with Crippen LogP contribution in [0.2, 0.25) is 0 Å². The highest BCUT2D eigenvalue weighted by Crippen LogP contribution is 2.44. The number of aromatic nitrogens is 2. The maximum absolute atomic E-state index is 14.7. The van der Waals surface area contributed by atoms with Gasteiger partial charge in [-0.05, 0) is 36.5 Å². The van der Waals surface area contributed by atoms with Gasteiger partial charge in [-0.3, -0.25) is 4.79 Å². The molecule has 1 saturated heterocycles. The number of nitrogens with zero attached hydrogens (tertiary/aromatic N) is 3. The standard InChI is InChI=1S/C24H26F2N4O3/c1-5-24(6-2)11-20(31)30(12-24)18-9-14-17(10-19(18)32-3)27-13-28-23(14)29-16-8-7-15(25)22(33-4)21(16)26/h7-10,13H,5-6,11-12H2,1-4H3,(H,27,28,29). The number of ether oxygens (including phenoxy) is 2. The zero-order chi connectivity index (χ0) is 23.8. The number of anilines is 3. The largest absolute Gasteiger partial charge is 0.494 e. The summed E-state index contributed by atoms with van der Waals surface area (Å²) in [6, 6.07) is 5.88. The van der Waals surface area contributed by atoms with Crippen molar-refractivity contribution in [2.24, 2.45) is 5.41 Å². The molecule has 0 radical (unpaired) electrons. The Balaban J connectivity index is 1.81. The molecule has 2 heterocycles. The average molecular weight is 456 g/mol. The summed E-state index contributed by atoms with van der Waals surface area (Å²) in [5, 5.41) is 3.47. The SMILES string of the molecule is CCC1(CC)CC(=O)N(c2cc3c(Nc4ccc(F)c(OC)c4F)ncnc3cc2OC)C1. The molecule has 1 aromatic heterocycles. The van der Waals surface area contributed by atoms with Gasteiger partial charge < -0.3 is 19.7 Å². The predicted octanol–water partition coefficient (Wildman–Crippen LogP) is 5.21. The van der Waals surface area contributed by atoms with Gasteiger partial charge in [-0.15, -0.1) is 0 Å². The first kappa shape index (κ1) is 22.7. The van der Waals surface area contributed by atoms with Gasteiger partial charge in [0, 0.05) is 24.4 Å². The number of benzene rings is 2. The number of hydrogen-bond acceptors (Lipinski definition) is 6. The Kier molecular flexibility index (Phi) is 6.05. The lowest BCUT2D eigenvalue weighted by atomic mass is 9.82. The highest BCUT2D eigenvalue weighted by molar-refractivity contribution is 6.02. The molecule has 1 fully saturated rings. The molecule has 3 aromatic rings. The van der Waals surface area contributed by atoms with Crippen molar-refractivity contribution in [3.8, 4) is 11.5 Å². The Morgan fingerprint density at radius 3 is 2.52 bits per heavy atom. The Morgan fingerprint density at radius 2 is 1.88 bits per heavy atom. The second-order valence-electron chi connectivity index (χ2n) is 8.19.